The van der Waals surface area contributed by atoms with Crippen molar-refractivity contribution in [3.63, 3.8) is 0 Å². The van der Waals surface area contributed by atoms with E-state index in [-0.39, 0.29) is 0 Å². The fraction of sp³-hybridized carbons (Fsp3) is 0.0263. The highest BCUT2D eigenvalue weighted by Crippen LogP contribution is 2.40. The van der Waals surface area contributed by atoms with Crippen molar-refractivity contribution in [2.45, 2.75) is 6.92 Å². The molecular weight excluding hydrogens is 484 g/mol. The van der Waals surface area contributed by atoms with Crippen LogP contribution >= 0.6 is 0 Å². The van der Waals surface area contributed by atoms with Crippen LogP contribution in [0.3, 0.4) is 0 Å². The fourth-order valence-corrected chi connectivity index (χ4v) is 6.25. The Bertz CT molecular complexity index is 2160. The van der Waals surface area contributed by atoms with Gasteiger partial charge in [0.25, 0.3) is 0 Å². The van der Waals surface area contributed by atoms with Gasteiger partial charge in [-0.05, 0) is 86.3 Å². The molecule has 1 heterocycles. The van der Waals surface area contributed by atoms with Gasteiger partial charge in [0.05, 0.1) is 11.0 Å². The van der Waals surface area contributed by atoms with Crippen molar-refractivity contribution in [1.82, 2.24) is 9.55 Å². The minimum absolute atomic E-state index is 0.954. The predicted octanol–water partition coefficient (Wildman–Crippen LogP) is 10.1. The van der Waals surface area contributed by atoms with Crippen molar-refractivity contribution in [3.8, 4) is 28.2 Å². The molecule has 0 aliphatic heterocycles. The summed E-state index contributed by atoms with van der Waals surface area (Å²) in [5.41, 5.74) is 8.19. The molecule has 0 atom stereocenters. The molecule has 40 heavy (non-hydrogen) atoms. The van der Waals surface area contributed by atoms with Crippen LogP contribution < -0.4 is 0 Å². The van der Waals surface area contributed by atoms with Gasteiger partial charge >= 0.3 is 0 Å². The lowest BCUT2D eigenvalue weighted by molar-refractivity contribution is 1.11. The molecule has 1 aromatic heterocycles. The highest BCUT2D eigenvalue weighted by atomic mass is 15.1. The molecule has 0 unspecified atom stereocenters. The molecule has 2 heteroatoms. The number of para-hydroxylation sites is 2. The second-order valence-corrected chi connectivity index (χ2v) is 10.5. The van der Waals surface area contributed by atoms with Crippen LogP contribution in [0.25, 0.3) is 71.6 Å². The van der Waals surface area contributed by atoms with E-state index in [1.807, 2.05) is 6.07 Å². The average molecular weight is 511 g/mol. The third kappa shape index (κ3) is 3.47. The van der Waals surface area contributed by atoms with Crippen LogP contribution in [0, 0.1) is 6.92 Å². The number of hydrogen-bond donors (Lipinski definition) is 0. The third-order valence-electron chi connectivity index (χ3n) is 8.16. The van der Waals surface area contributed by atoms with Crippen LogP contribution in [0.15, 0.2) is 140 Å². The molecule has 0 aliphatic rings. The van der Waals surface area contributed by atoms with Crippen LogP contribution in [0.1, 0.15) is 5.56 Å². The summed E-state index contributed by atoms with van der Waals surface area (Å²) in [5.74, 6) is 0.954. The predicted molar refractivity (Wildman–Crippen MR) is 169 cm³/mol. The molecule has 0 saturated carbocycles. The maximum absolute atomic E-state index is 5.02. The summed E-state index contributed by atoms with van der Waals surface area (Å²) in [6.45, 7) is 2.24. The molecule has 0 aliphatic carbocycles. The molecule has 2 nitrogen and oxygen atoms in total. The van der Waals surface area contributed by atoms with E-state index >= 15 is 0 Å². The van der Waals surface area contributed by atoms with E-state index in [4.69, 9.17) is 4.98 Å². The maximum atomic E-state index is 5.02. The number of fused-ring (bicyclic) bond motifs is 4. The van der Waals surface area contributed by atoms with Crippen LogP contribution in [-0.4, -0.2) is 9.55 Å². The van der Waals surface area contributed by atoms with Gasteiger partial charge in [0.1, 0.15) is 5.82 Å². The number of aryl methyl sites for hydroxylation is 1. The van der Waals surface area contributed by atoms with E-state index in [1.54, 1.807) is 0 Å². The summed E-state index contributed by atoms with van der Waals surface area (Å²) in [6, 6.07) is 50.0. The van der Waals surface area contributed by atoms with Crippen LogP contribution in [0.2, 0.25) is 0 Å². The SMILES string of the molecule is Cc1c2ccccc2c(-c2ccc3cc(-n4c(-c5ccccc5)nc5ccccc54)ccc3c2)c2ccccc12. The van der Waals surface area contributed by atoms with Crippen molar-refractivity contribution >= 4 is 43.4 Å². The summed E-state index contributed by atoms with van der Waals surface area (Å²) in [5, 5.41) is 7.65. The van der Waals surface area contributed by atoms with Crippen molar-refractivity contribution in [2.24, 2.45) is 0 Å². The van der Waals surface area contributed by atoms with Gasteiger partial charge in [0.2, 0.25) is 0 Å². The lowest BCUT2D eigenvalue weighted by Gasteiger charge is -2.16. The lowest BCUT2D eigenvalue weighted by atomic mass is 9.88. The number of nitrogens with zero attached hydrogens (tertiary/aromatic N) is 2. The Kier molecular flexibility index (Phi) is 5.08. The first-order valence-corrected chi connectivity index (χ1v) is 13.7. The van der Waals surface area contributed by atoms with Gasteiger partial charge in [-0.3, -0.25) is 4.57 Å². The van der Waals surface area contributed by atoms with Gasteiger partial charge in [0, 0.05) is 11.3 Å². The molecule has 0 spiro atoms. The Morgan fingerprint density at radius 1 is 0.500 bits per heavy atom. The topological polar surface area (TPSA) is 17.8 Å². The molecule has 0 fully saturated rings. The Balaban J connectivity index is 1.33. The minimum atomic E-state index is 0.954. The minimum Gasteiger partial charge on any atom is -0.292 e. The Morgan fingerprint density at radius 2 is 1.10 bits per heavy atom. The normalized spacial score (nSPS) is 11.6. The number of imidazole rings is 1. The van der Waals surface area contributed by atoms with Crippen LogP contribution in [0.5, 0.6) is 0 Å². The van der Waals surface area contributed by atoms with E-state index in [9.17, 15) is 0 Å². The van der Waals surface area contributed by atoms with Gasteiger partial charge in [0.15, 0.2) is 0 Å². The molecule has 188 valence electrons. The van der Waals surface area contributed by atoms with Gasteiger partial charge in [-0.2, -0.15) is 0 Å². The third-order valence-corrected chi connectivity index (χ3v) is 8.16. The molecule has 7 aromatic carbocycles. The summed E-state index contributed by atoms with van der Waals surface area (Å²) in [7, 11) is 0. The molecule has 0 radical (unpaired) electrons. The first kappa shape index (κ1) is 22.7. The summed E-state index contributed by atoms with van der Waals surface area (Å²) in [4.78, 5) is 5.02. The Hall–Kier alpha value is -5.21. The quantitative estimate of drug-likeness (QED) is 0.216. The van der Waals surface area contributed by atoms with E-state index in [0.717, 1.165) is 28.1 Å². The smallest absolute Gasteiger partial charge is 0.145 e. The van der Waals surface area contributed by atoms with Crippen LogP contribution in [-0.2, 0) is 0 Å². The second kappa shape index (κ2) is 8.93. The molecule has 8 aromatic rings. The number of aromatic nitrogens is 2. The van der Waals surface area contributed by atoms with Crippen molar-refractivity contribution in [1.29, 1.82) is 0 Å². The molecule has 8 rings (SSSR count). The Labute approximate surface area is 232 Å². The number of benzene rings is 7. The molecular formula is C38H26N2. The highest BCUT2D eigenvalue weighted by Gasteiger charge is 2.16. The molecule has 0 bridgehead atoms. The first-order valence-electron chi connectivity index (χ1n) is 13.7. The van der Waals surface area contributed by atoms with E-state index in [1.165, 1.54) is 49.0 Å². The zero-order valence-corrected chi connectivity index (χ0v) is 22.2. The first-order chi connectivity index (χ1) is 19.8. The van der Waals surface area contributed by atoms with E-state index in [2.05, 4.69) is 145 Å². The van der Waals surface area contributed by atoms with Gasteiger partial charge in [-0.15, -0.1) is 0 Å². The average Bonchev–Trinajstić information content (AvgIpc) is 3.41. The lowest BCUT2D eigenvalue weighted by Crippen LogP contribution is -1.97. The highest BCUT2D eigenvalue weighted by molar-refractivity contribution is 6.15. The monoisotopic (exact) mass is 510 g/mol. The second-order valence-electron chi connectivity index (χ2n) is 10.5. The molecule has 0 saturated heterocycles. The largest absolute Gasteiger partial charge is 0.292 e. The molecule has 0 N–H and O–H groups in total. The maximum Gasteiger partial charge on any atom is 0.145 e. The molecule has 0 amide bonds. The fourth-order valence-electron chi connectivity index (χ4n) is 6.25. The van der Waals surface area contributed by atoms with Gasteiger partial charge < -0.3 is 0 Å². The van der Waals surface area contributed by atoms with Crippen molar-refractivity contribution in [2.75, 3.05) is 0 Å². The summed E-state index contributed by atoms with van der Waals surface area (Å²) < 4.78 is 2.28. The van der Waals surface area contributed by atoms with Gasteiger partial charge in [-0.1, -0.05) is 109 Å². The summed E-state index contributed by atoms with van der Waals surface area (Å²) >= 11 is 0. The number of rotatable bonds is 3. The van der Waals surface area contributed by atoms with Crippen molar-refractivity contribution < 1.29 is 0 Å². The zero-order valence-electron chi connectivity index (χ0n) is 22.2. The summed E-state index contributed by atoms with van der Waals surface area (Å²) in [6.07, 6.45) is 0. The zero-order chi connectivity index (χ0) is 26.6. The van der Waals surface area contributed by atoms with E-state index < -0.39 is 0 Å². The standard InChI is InChI=1S/C38H26N2/c1-25-31-13-5-7-15-33(31)37(34-16-8-6-14-32(25)34)29-20-19-28-24-30(22-21-27(28)23-29)40-36-18-10-9-17-35(36)39-38(40)26-11-3-2-4-12-26/h2-24H,1H3. The Morgan fingerprint density at radius 3 is 1.85 bits per heavy atom. The van der Waals surface area contributed by atoms with Gasteiger partial charge in [-0.25, -0.2) is 4.98 Å². The van der Waals surface area contributed by atoms with Crippen molar-refractivity contribution in [3.05, 3.63) is 145 Å². The van der Waals surface area contributed by atoms with Crippen LogP contribution in [0.4, 0.5) is 0 Å². The number of hydrogen-bond acceptors (Lipinski definition) is 1. The van der Waals surface area contributed by atoms with E-state index in [0.29, 0.717) is 0 Å².